The number of rotatable bonds is 2. The van der Waals surface area contributed by atoms with Crippen LogP contribution in [0.1, 0.15) is 25.8 Å². The molecule has 0 radical (unpaired) electrons. The summed E-state index contributed by atoms with van der Waals surface area (Å²) in [5.41, 5.74) is 0.967. The largest absolute Gasteiger partial charge is 0.244 e. The molecule has 0 aliphatic heterocycles. The number of nitrogens with zero attached hydrogens (tertiary/aromatic N) is 3. The van der Waals surface area contributed by atoms with Crippen LogP contribution in [0.25, 0.3) is 11.0 Å². The fourth-order valence-electron chi connectivity index (χ4n) is 2.02. The summed E-state index contributed by atoms with van der Waals surface area (Å²) in [5.74, 6) is 0.785. The first-order chi connectivity index (χ1) is 7.68. The van der Waals surface area contributed by atoms with Gasteiger partial charge in [-0.05, 0) is 57.5 Å². The van der Waals surface area contributed by atoms with Crippen molar-refractivity contribution < 1.29 is 0 Å². The van der Waals surface area contributed by atoms with Crippen molar-refractivity contribution >= 4 is 42.9 Å². The number of halogens is 2. The second-order valence-corrected chi connectivity index (χ2v) is 5.97. The molecule has 2 aromatic heterocycles. The van der Waals surface area contributed by atoms with E-state index in [1.54, 1.807) is 0 Å². The van der Waals surface area contributed by atoms with Crippen LogP contribution in [0.15, 0.2) is 21.3 Å². The Bertz CT molecular complexity index is 545. The van der Waals surface area contributed by atoms with Gasteiger partial charge in [0.25, 0.3) is 0 Å². The van der Waals surface area contributed by atoms with Crippen molar-refractivity contribution in [1.29, 1.82) is 0 Å². The van der Waals surface area contributed by atoms with Gasteiger partial charge in [-0.1, -0.05) is 0 Å². The van der Waals surface area contributed by atoms with E-state index >= 15 is 0 Å². The third-order valence-corrected chi connectivity index (χ3v) is 5.19. The Hall–Kier alpha value is -0.420. The molecule has 5 heteroatoms. The molecule has 2 heterocycles. The van der Waals surface area contributed by atoms with Gasteiger partial charge < -0.3 is 0 Å². The van der Waals surface area contributed by atoms with Gasteiger partial charge in [0.2, 0.25) is 0 Å². The fraction of sp³-hybridized carbons (Fsp3) is 0.455. The first-order valence-electron chi connectivity index (χ1n) is 5.35. The van der Waals surface area contributed by atoms with E-state index < -0.39 is 0 Å². The normalized spacial score (nSPS) is 17.9. The lowest BCUT2D eigenvalue weighted by Gasteiger charge is -2.11. The lowest BCUT2D eigenvalue weighted by molar-refractivity contribution is 0.451. The zero-order valence-corrected chi connectivity index (χ0v) is 12.0. The third kappa shape index (κ3) is 1.61. The highest BCUT2D eigenvalue weighted by molar-refractivity contribution is 9.13. The molecule has 1 aliphatic rings. The van der Waals surface area contributed by atoms with E-state index in [1.165, 1.54) is 12.8 Å². The first-order valence-corrected chi connectivity index (χ1v) is 6.94. The molecule has 0 spiro atoms. The van der Waals surface area contributed by atoms with Crippen LogP contribution in [0.4, 0.5) is 0 Å². The molecular formula is C11H11Br2N3. The molecule has 1 atom stereocenters. The Morgan fingerprint density at radius 1 is 1.38 bits per heavy atom. The van der Waals surface area contributed by atoms with Gasteiger partial charge in [-0.3, -0.25) is 0 Å². The van der Waals surface area contributed by atoms with Crippen molar-refractivity contribution in [3.63, 3.8) is 0 Å². The average molecular weight is 345 g/mol. The Kier molecular flexibility index (Phi) is 2.55. The zero-order valence-electron chi connectivity index (χ0n) is 8.82. The van der Waals surface area contributed by atoms with E-state index in [-0.39, 0.29) is 0 Å². The van der Waals surface area contributed by atoms with Crippen LogP contribution in [-0.2, 0) is 0 Å². The summed E-state index contributed by atoms with van der Waals surface area (Å²) in [6.07, 6.45) is 6.35. The second kappa shape index (κ2) is 3.81. The van der Waals surface area contributed by atoms with Crippen molar-refractivity contribution in [1.82, 2.24) is 14.8 Å². The minimum absolute atomic E-state index is 0.457. The highest BCUT2D eigenvalue weighted by atomic mass is 79.9. The van der Waals surface area contributed by atoms with E-state index in [1.807, 2.05) is 17.1 Å². The molecule has 16 heavy (non-hydrogen) atoms. The summed E-state index contributed by atoms with van der Waals surface area (Å²) in [5, 5.41) is 5.53. The third-order valence-electron chi connectivity index (χ3n) is 3.21. The molecular weight excluding hydrogens is 334 g/mol. The van der Waals surface area contributed by atoms with Gasteiger partial charge in [0.1, 0.15) is 0 Å². The minimum atomic E-state index is 0.457. The molecule has 0 N–H and O–H groups in total. The van der Waals surface area contributed by atoms with Crippen LogP contribution in [0.5, 0.6) is 0 Å². The van der Waals surface area contributed by atoms with E-state index in [0.29, 0.717) is 6.04 Å². The van der Waals surface area contributed by atoms with Gasteiger partial charge in [-0.25, -0.2) is 9.67 Å². The van der Waals surface area contributed by atoms with E-state index in [4.69, 9.17) is 0 Å². The maximum Gasteiger partial charge on any atom is 0.159 e. The fourth-order valence-corrected chi connectivity index (χ4v) is 2.72. The van der Waals surface area contributed by atoms with Crippen molar-refractivity contribution in [3.05, 3.63) is 21.3 Å². The molecule has 0 aromatic carbocycles. The molecule has 1 saturated carbocycles. The number of fused-ring (bicyclic) bond motifs is 1. The lowest BCUT2D eigenvalue weighted by atomic mass is 10.2. The quantitative estimate of drug-likeness (QED) is 0.826. The highest BCUT2D eigenvalue weighted by Crippen LogP contribution is 2.40. The van der Waals surface area contributed by atoms with Gasteiger partial charge in [-0.15, -0.1) is 0 Å². The summed E-state index contributed by atoms with van der Waals surface area (Å²) in [7, 11) is 0. The first kappa shape index (κ1) is 10.7. The van der Waals surface area contributed by atoms with E-state index in [0.717, 1.165) is 25.9 Å². The Morgan fingerprint density at radius 2 is 2.12 bits per heavy atom. The molecule has 3 rings (SSSR count). The van der Waals surface area contributed by atoms with Gasteiger partial charge in [0.15, 0.2) is 5.65 Å². The Balaban J connectivity index is 2.16. The molecule has 84 valence electrons. The molecule has 0 saturated heterocycles. The van der Waals surface area contributed by atoms with Crippen molar-refractivity contribution in [2.75, 3.05) is 0 Å². The molecule has 2 aromatic rings. The summed E-state index contributed by atoms with van der Waals surface area (Å²) in [4.78, 5) is 4.46. The number of pyridine rings is 1. The smallest absolute Gasteiger partial charge is 0.159 e. The van der Waals surface area contributed by atoms with Crippen LogP contribution >= 0.6 is 31.9 Å². The second-order valence-electron chi connectivity index (χ2n) is 4.32. The summed E-state index contributed by atoms with van der Waals surface area (Å²) in [6.45, 7) is 2.22. The van der Waals surface area contributed by atoms with Crippen LogP contribution < -0.4 is 0 Å². The van der Waals surface area contributed by atoms with Gasteiger partial charge in [0.05, 0.1) is 22.1 Å². The molecule has 0 amide bonds. The Morgan fingerprint density at radius 3 is 2.81 bits per heavy atom. The van der Waals surface area contributed by atoms with Crippen molar-refractivity contribution in [2.45, 2.75) is 25.8 Å². The minimum Gasteiger partial charge on any atom is -0.244 e. The van der Waals surface area contributed by atoms with Gasteiger partial charge in [0, 0.05) is 10.7 Å². The van der Waals surface area contributed by atoms with Crippen molar-refractivity contribution in [3.8, 4) is 0 Å². The summed E-state index contributed by atoms with van der Waals surface area (Å²) in [6, 6.07) is 0.457. The molecule has 0 bridgehead atoms. The maximum absolute atomic E-state index is 4.46. The number of hydrogen-bond donors (Lipinski definition) is 0. The van der Waals surface area contributed by atoms with Crippen LogP contribution in [0.2, 0.25) is 0 Å². The molecule has 1 fully saturated rings. The molecule has 1 aliphatic carbocycles. The average Bonchev–Trinajstić information content (AvgIpc) is 3.03. The Labute approximate surface area is 110 Å². The predicted molar refractivity (Wildman–Crippen MR) is 70.4 cm³/mol. The molecule has 3 nitrogen and oxygen atoms in total. The molecule has 1 unspecified atom stereocenters. The SMILES string of the molecule is CC(C1CC1)n1ncc2c(Br)c(Br)cnc21. The summed E-state index contributed by atoms with van der Waals surface area (Å²) < 4.78 is 4.05. The number of hydrogen-bond acceptors (Lipinski definition) is 2. The van der Waals surface area contributed by atoms with Crippen LogP contribution in [-0.4, -0.2) is 14.8 Å². The number of aromatic nitrogens is 3. The van der Waals surface area contributed by atoms with E-state index in [2.05, 4.69) is 48.9 Å². The zero-order chi connectivity index (χ0) is 11.3. The summed E-state index contributed by atoms with van der Waals surface area (Å²) >= 11 is 7.01. The lowest BCUT2D eigenvalue weighted by Crippen LogP contribution is -2.09. The maximum atomic E-state index is 4.46. The standard InChI is InChI=1S/C11H11Br2N3/c1-6(7-2-3-7)16-11-8(4-15-16)10(13)9(12)5-14-11/h4-7H,2-3H2,1H3. The predicted octanol–water partition coefficient (Wildman–Crippen LogP) is 3.93. The van der Waals surface area contributed by atoms with Gasteiger partial charge >= 0.3 is 0 Å². The van der Waals surface area contributed by atoms with Crippen molar-refractivity contribution in [2.24, 2.45) is 5.92 Å². The topological polar surface area (TPSA) is 30.7 Å². The van der Waals surface area contributed by atoms with Gasteiger partial charge in [-0.2, -0.15) is 5.10 Å². The van der Waals surface area contributed by atoms with E-state index in [9.17, 15) is 0 Å². The van der Waals surface area contributed by atoms with Crippen LogP contribution in [0.3, 0.4) is 0 Å². The highest BCUT2D eigenvalue weighted by Gasteiger charge is 2.30. The van der Waals surface area contributed by atoms with Crippen LogP contribution in [0, 0.1) is 5.92 Å². The monoisotopic (exact) mass is 343 g/mol.